The molecule has 2 rings (SSSR count). The largest absolute Gasteiger partial charge is 0.361 e. The van der Waals surface area contributed by atoms with Crippen molar-refractivity contribution in [3.05, 3.63) is 52.4 Å². The van der Waals surface area contributed by atoms with Crippen LogP contribution in [0, 0.1) is 25.5 Å². The minimum Gasteiger partial charge on any atom is -0.361 e. The van der Waals surface area contributed by atoms with Crippen LogP contribution in [-0.4, -0.2) is 11.7 Å². The summed E-state index contributed by atoms with van der Waals surface area (Å²) in [7, 11) is 0. The van der Waals surface area contributed by atoms with Crippen molar-refractivity contribution in [2.45, 2.75) is 26.8 Å². The number of hydrogen-bond donors (Lipinski definition) is 1. The lowest BCUT2D eigenvalue weighted by Gasteiger charge is -2.05. The molecule has 3 nitrogen and oxygen atoms in total. The summed E-state index contributed by atoms with van der Waals surface area (Å²) in [6.07, 6.45) is 0.568. The summed E-state index contributed by atoms with van der Waals surface area (Å²) in [5.74, 6) is -0.289. The van der Waals surface area contributed by atoms with Crippen molar-refractivity contribution in [1.29, 1.82) is 0 Å². The SMILES string of the molecule is Cc1noc(C)c1CNCCc1cc(F)cc(F)c1. The smallest absolute Gasteiger partial charge is 0.138 e. The van der Waals surface area contributed by atoms with Gasteiger partial charge >= 0.3 is 0 Å². The first-order chi connectivity index (χ1) is 9.06. The molecular formula is C14H16F2N2O. The van der Waals surface area contributed by atoms with E-state index in [9.17, 15) is 8.78 Å². The summed E-state index contributed by atoms with van der Waals surface area (Å²) in [4.78, 5) is 0. The van der Waals surface area contributed by atoms with Crippen LogP contribution < -0.4 is 5.32 Å². The minimum atomic E-state index is -0.541. The van der Waals surface area contributed by atoms with Gasteiger partial charge in [-0.25, -0.2) is 8.78 Å². The molecule has 0 atom stereocenters. The monoisotopic (exact) mass is 266 g/mol. The third-order valence-corrected chi connectivity index (χ3v) is 3.00. The highest BCUT2D eigenvalue weighted by molar-refractivity contribution is 5.21. The van der Waals surface area contributed by atoms with Crippen LogP contribution in [0.3, 0.4) is 0 Å². The maximum Gasteiger partial charge on any atom is 0.138 e. The van der Waals surface area contributed by atoms with Crippen LogP contribution in [0.2, 0.25) is 0 Å². The van der Waals surface area contributed by atoms with Crippen LogP contribution in [0.4, 0.5) is 8.78 Å². The lowest BCUT2D eigenvalue weighted by molar-refractivity contribution is 0.392. The molecule has 0 aliphatic rings. The Kier molecular flexibility index (Phi) is 4.27. The Morgan fingerprint density at radius 2 is 1.84 bits per heavy atom. The first-order valence-corrected chi connectivity index (χ1v) is 6.13. The summed E-state index contributed by atoms with van der Waals surface area (Å²) in [6, 6.07) is 3.57. The highest BCUT2D eigenvalue weighted by Crippen LogP contribution is 2.12. The summed E-state index contributed by atoms with van der Waals surface area (Å²) in [6.45, 7) is 5.01. The standard InChI is InChI=1S/C14H16F2N2O/c1-9-14(10(2)19-18-9)8-17-4-3-11-5-12(15)7-13(16)6-11/h5-7,17H,3-4,8H2,1-2H3. The van der Waals surface area contributed by atoms with E-state index in [4.69, 9.17) is 4.52 Å². The van der Waals surface area contributed by atoms with E-state index in [1.54, 1.807) is 0 Å². The third kappa shape index (κ3) is 3.61. The van der Waals surface area contributed by atoms with Crippen LogP contribution in [0.15, 0.2) is 22.7 Å². The highest BCUT2D eigenvalue weighted by atomic mass is 19.1. The predicted octanol–water partition coefficient (Wildman–Crippen LogP) is 2.90. The van der Waals surface area contributed by atoms with Crippen molar-refractivity contribution in [2.75, 3.05) is 6.54 Å². The summed E-state index contributed by atoms with van der Waals surface area (Å²) in [5.41, 5.74) is 2.54. The Hall–Kier alpha value is -1.75. The summed E-state index contributed by atoms with van der Waals surface area (Å²) < 4.78 is 31.0. The number of hydrogen-bond acceptors (Lipinski definition) is 3. The Bertz CT molecular complexity index is 527. The van der Waals surface area contributed by atoms with Crippen LogP contribution >= 0.6 is 0 Å². The van der Waals surface area contributed by atoms with Gasteiger partial charge in [-0.15, -0.1) is 0 Å². The van der Waals surface area contributed by atoms with E-state index in [2.05, 4.69) is 10.5 Å². The fraction of sp³-hybridized carbons (Fsp3) is 0.357. The zero-order valence-corrected chi connectivity index (χ0v) is 11.0. The Balaban J connectivity index is 1.84. The molecule has 19 heavy (non-hydrogen) atoms. The molecule has 0 fully saturated rings. The molecule has 0 spiro atoms. The van der Waals surface area contributed by atoms with E-state index in [-0.39, 0.29) is 0 Å². The molecule has 0 bridgehead atoms. The number of rotatable bonds is 5. The third-order valence-electron chi connectivity index (χ3n) is 3.00. The molecule has 0 saturated heterocycles. The number of nitrogens with one attached hydrogen (secondary N) is 1. The molecule has 1 aromatic heterocycles. The normalized spacial score (nSPS) is 10.9. The lowest BCUT2D eigenvalue weighted by Crippen LogP contribution is -2.17. The molecular weight excluding hydrogens is 250 g/mol. The van der Waals surface area contributed by atoms with E-state index in [0.717, 1.165) is 23.1 Å². The maximum atomic E-state index is 13.0. The number of halogens is 2. The Morgan fingerprint density at radius 3 is 2.42 bits per heavy atom. The second-order valence-electron chi connectivity index (χ2n) is 4.51. The fourth-order valence-electron chi connectivity index (χ4n) is 1.96. The van der Waals surface area contributed by atoms with Crippen molar-refractivity contribution in [3.63, 3.8) is 0 Å². The van der Waals surface area contributed by atoms with Crippen molar-refractivity contribution in [2.24, 2.45) is 0 Å². The van der Waals surface area contributed by atoms with Gasteiger partial charge in [0.15, 0.2) is 0 Å². The van der Waals surface area contributed by atoms with Gasteiger partial charge in [0.1, 0.15) is 17.4 Å². The fourth-order valence-corrected chi connectivity index (χ4v) is 1.96. The molecule has 0 aliphatic heterocycles. The van der Waals surface area contributed by atoms with Gasteiger partial charge in [-0.3, -0.25) is 0 Å². The van der Waals surface area contributed by atoms with E-state index < -0.39 is 11.6 Å². The zero-order chi connectivity index (χ0) is 13.8. The summed E-state index contributed by atoms with van der Waals surface area (Å²) >= 11 is 0. The molecule has 1 aromatic carbocycles. The summed E-state index contributed by atoms with van der Waals surface area (Å²) in [5, 5.41) is 7.07. The van der Waals surface area contributed by atoms with Crippen LogP contribution in [0.5, 0.6) is 0 Å². The Morgan fingerprint density at radius 1 is 1.16 bits per heavy atom. The molecule has 2 aromatic rings. The number of benzene rings is 1. The number of aryl methyl sites for hydroxylation is 2. The van der Waals surface area contributed by atoms with Crippen molar-refractivity contribution in [3.8, 4) is 0 Å². The first-order valence-electron chi connectivity index (χ1n) is 6.13. The first kappa shape index (κ1) is 13.7. The van der Waals surface area contributed by atoms with Gasteiger partial charge in [-0.05, 0) is 44.5 Å². The number of aromatic nitrogens is 1. The molecule has 0 unspecified atom stereocenters. The van der Waals surface area contributed by atoms with Crippen molar-refractivity contribution in [1.82, 2.24) is 10.5 Å². The number of nitrogens with zero attached hydrogens (tertiary/aromatic N) is 1. The average molecular weight is 266 g/mol. The zero-order valence-electron chi connectivity index (χ0n) is 11.0. The second kappa shape index (κ2) is 5.93. The van der Waals surface area contributed by atoms with Crippen molar-refractivity contribution >= 4 is 0 Å². The molecule has 1 N–H and O–H groups in total. The molecule has 5 heteroatoms. The minimum absolute atomic E-state index is 0.541. The van der Waals surface area contributed by atoms with Crippen molar-refractivity contribution < 1.29 is 13.3 Å². The van der Waals surface area contributed by atoms with E-state index in [1.165, 1.54) is 12.1 Å². The lowest BCUT2D eigenvalue weighted by atomic mass is 10.1. The topological polar surface area (TPSA) is 38.1 Å². The van der Waals surface area contributed by atoms with E-state index in [1.807, 2.05) is 13.8 Å². The predicted molar refractivity (Wildman–Crippen MR) is 67.7 cm³/mol. The Labute approximate surface area is 110 Å². The van der Waals surface area contributed by atoms with Gasteiger partial charge in [-0.1, -0.05) is 5.16 Å². The van der Waals surface area contributed by atoms with Gasteiger partial charge in [-0.2, -0.15) is 0 Å². The molecule has 0 amide bonds. The van der Waals surface area contributed by atoms with Crippen LogP contribution in [0.1, 0.15) is 22.6 Å². The molecule has 1 heterocycles. The molecule has 0 radical (unpaired) electrons. The molecule has 0 saturated carbocycles. The van der Waals surface area contributed by atoms with Gasteiger partial charge in [0, 0.05) is 18.2 Å². The van der Waals surface area contributed by atoms with E-state index >= 15 is 0 Å². The van der Waals surface area contributed by atoms with Gasteiger partial charge in [0.05, 0.1) is 5.69 Å². The quantitative estimate of drug-likeness (QED) is 0.846. The molecule has 0 aliphatic carbocycles. The van der Waals surface area contributed by atoms with Gasteiger partial charge in [0.25, 0.3) is 0 Å². The van der Waals surface area contributed by atoms with Gasteiger partial charge < -0.3 is 9.84 Å². The van der Waals surface area contributed by atoms with E-state index in [0.29, 0.717) is 25.1 Å². The average Bonchev–Trinajstić information content (AvgIpc) is 2.64. The maximum absolute atomic E-state index is 13.0. The second-order valence-corrected chi connectivity index (χ2v) is 4.51. The van der Waals surface area contributed by atoms with Crippen LogP contribution in [0.25, 0.3) is 0 Å². The highest BCUT2D eigenvalue weighted by Gasteiger charge is 2.07. The van der Waals surface area contributed by atoms with Crippen LogP contribution in [-0.2, 0) is 13.0 Å². The molecule has 102 valence electrons. The van der Waals surface area contributed by atoms with Gasteiger partial charge in [0.2, 0.25) is 0 Å².